The summed E-state index contributed by atoms with van der Waals surface area (Å²) in [6, 6.07) is 12.0. The van der Waals surface area contributed by atoms with Gasteiger partial charge in [0, 0.05) is 20.0 Å². The number of hydrogen-bond acceptors (Lipinski definition) is 5. The molecule has 3 N–H and O–H groups in total. The van der Waals surface area contributed by atoms with Crippen molar-refractivity contribution in [2.75, 3.05) is 13.6 Å². The highest BCUT2D eigenvalue weighted by Gasteiger charge is 2.34. The number of carbonyl (C=O) groups is 3. The minimum atomic E-state index is -0.996. The predicted octanol–water partition coefficient (Wildman–Crippen LogP) is 4.64. The topological polar surface area (TPSA) is 108 Å². The fourth-order valence-corrected chi connectivity index (χ4v) is 3.99. The fraction of sp³-hybridized carbons (Fsp3) is 0.483. The number of amides is 3. The van der Waals surface area contributed by atoms with Crippen LogP contribution in [0.1, 0.15) is 69.7 Å². The zero-order valence-corrected chi connectivity index (χ0v) is 22.8. The summed E-state index contributed by atoms with van der Waals surface area (Å²) >= 11 is 0. The van der Waals surface area contributed by atoms with E-state index >= 15 is 0 Å². The molecule has 0 aromatic heterocycles. The SMILES string of the molecule is CCCCCNC(=O)C(c1ccccc1C)N(C)C(=O)C(Cc1ccc(O)cc1)NC(=O)OC(C)(C)C. The van der Waals surface area contributed by atoms with Gasteiger partial charge in [0.2, 0.25) is 11.8 Å². The number of ether oxygens (including phenoxy) is 1. The number of benzene rings is 2. The van der Waals surface area contributed by atoms with Crippen LogP contribution in [0.4, 0.5) is 4.79 Å². The first-order valence-electron chi connectivity index (χ1n) is 12.8. The summed E-state index contributed by atoms with van der Waals surface area (Å²) in [6.07, 6.45) is 2.31. The van der Waals surface area contributed by atoms with Crippen molar-refractivity contribution in [2.45, 2.75) is 78.0 Å². The highest BCUT2D eigenvalue weighted by atomic mass is 16.6. The molecule has 0 saturated heterocycles. The Morgan fingerprint density at radius 3 is 2.27 bits per heavy atom. The molecule has 202 valence electrons. The van der Waals surface area contributed by atoms with Gasteiger partial charge in [-0.3, -0.25) is 9.59 Å². The molecule has 2 aromatic carbocycles. The average molecular weight is 512 g/mol. The minimum absolute atomic E-state index is 0.100. The Bertz CT molecular complexity index is 1050. The number of phenolic OH excluding ortho intramolecular Hbond substituents is 1. The van der Waals surface area contributed by atoms with Gasteiger partial charge in [0.25, 0.3) is 0 Å². The van der Waals surface area contributed by atoms with Crippen molar-refractivity contribution < 1.29 is 24.2 Å². The van der Waals surface area contributed by atoms with E-state index in [2.05, 4.69) is 17.6 Å². The van der Waals surface area contributed by atoms with Gasteiger partial charge >= 0.3 is 6.09 Å². The summed E-state index contributed by atoms with van der Waals surface area (Å²) < 4.78 is 5.40. The Balaban J connectivity index is 2.37. The van der Waals surface area contributed by atoms with Crippen molar-refractivity contribution in [2.24, 2.45) is 0 Å². The fourth-order valence-electron chi connectivity index (χ4n) is 3.99. The molecule has 0 radical (unpaired) electrons. The number of phenols is 1. The minimum Gasteiger partial charge on any atom is -0.508 e. The number of hydrogen-bond donors (Lipinski definition) is 3. The van der Waals surface area contributed by atoms with Crippen molar-refractivity contribution in [1.82, 2.24) is 15.5 Å². The Kier molecular flexibility index (Phi) is 11.0. The van der Waals surface area contributed by atoms with E-state index in [1.807, 2.05) is 31.2 Å². The van der Waals surface area contributed by atoms with Crippen molar-refractivity contribution in [3.63, 3.8) is 0 Å². The van der Waals surface area contributed by atoms with Gasteiger partial charge in [-0.05, 0) is 62.9 Å². The van der Waals surface area contributed by atoms with Crippen LogP contribution in [-0.2, 0) is 20.7 Å². The summed E-state index contributed by atoms with van der Waals surface area (Å²) in [5.41, 5.74) is 1.58. The maximum atomic E-state index is 13.8. The Morgan fingerprint density at radius 2 is 1.68 bits per heavy atom. The zero-order valence-electron chi connectivity index (χ0n) is 22.8. The monoisotopic (exact) mass is 511 g/mol. The van der Waals surface area contributed by atoms with Crippen LogP contribution in [0.25, 0.3) is 0 Å². The van der Waals surface area contributed by atoms with Gasteiger partial charge in [0.1, 0.15) is 23.4 Å². The summed E-state index contributed by atoms with van der Waals surface area (Å²) in [7, 11) is 1.58. The summed E-state index contributed by atoms with van der Waals surface area (Å²) in [5.74, 6) is -0.610. The quantitative estimate of drug-likeness (QED) is 0.381. The van der Waals surface area contributed by atoms with E-state index in [1.165, 1.54) is 17.0 Å². The number of nitrogens with zero attached hydrogens (tertiary/aromatic N) is 1. The van der Waals surface area contributed by atoms with Crippen LogP contribution >= 0.6 is 0 Å². The first-order valence-corrected chi connectivity index (χ1v) is 12.8. The number of nitrogens with one attached hydrogen (secondary N) is 2. The van der Waals surface area contributed by atoms with E-state index in [1.54, 1.807) is 40.0 Å². The number of unbranched alkanes of at least 4 members (excludes halogenated alkanes) is 2. The number of likely N-dealkylation sites (N-methyl/N-ethyl adjacent to an activating group) is 1. The zero-order chi connectivity index (χ0) is 27.6. The molecule has 0 fully saturated rings. The van der Waals surface area contributed by atoms with Gasteiger partial charge in [0.15, 0.2) is 0 Å². The summed E-state index contributed by atoms with van der Waals surface area (Å²) in [6.45, 7) is 9.74. The van der Waals surface area contributed by atoms with Crippen LogP contribution in [0.15, 0.2) is 48.5 Å². The number of aryl methyl sites for hydroxylation is 1. The Morgan fingerprint density at radius 1 is 1.03 bits per heavy atom. The second kappa shape index (κ2) is 13.7. The molecule has 0 aliphatic rings. The number of aromatic hydroxyl groups is 1. The molecule has 0 heterocycles. The molecule has 0 spiro atoms. The lowest BCUT2D eigenvalue weighted by Crippen LogP contribution is -2.52. The highest BCUT2D eigenvalue weighted by Crippen LogP contribution is 2.25. The first kappa shape index (κ1) is 29.7. The second-order valence-electron chi connectivity index (χ2n) is 10.3. The molecule has 8 nitrogen and oxygen atoms in total. The molecule has 2 rings (SSSR count). The lowest BCUT2D eigenvalue weighted by molar-refractivity contribution is -0.140. The Hall–Kier alpha value is -3.55. The molecule has 2 atom stereocenters. The van der Waals surface area contributed by atoms with E-state index in [0.29, 0.717) is 12.1 Å². The van der Waals surface area contributed by atoms with Crippen LogP contribution in [0, 0.1) is 6.92 Å². The predicted molar refractivity (Wildman–Crippen MR) is 144 cm³/mol. The molecular formula is C29H41N3O5. The van der Waals surface area contributed by atoms with Gasteiger partial charge in [-0.1, -0.05) is 56.2 Å². The molecule has 0 bridgehead atoms. The molecule has 8 heteroatoms. The highest BCUT2D eigenvalue weighted by molar-refractivity contribution is 5.92. The van der Waals surface area contributed by atoms with Gasteiger partial charge in [-0.15, -0.1) is 0 Å². The summed E-state index contributed by atoms with van der Waals surface area (Å²) in [5, 5.41) is 15.3. The van der Waals surface area contributed by atoms with Gasteiger partial charge < -0.3 is 25.4 Å². The van der Waals surface area contributed by atoms with Gasteiger partial charge in [0.05, 0.1) is 0 Å². The van der Waals surface area contributed by atoms with Crippen LogP contribution in [0.3, 0.4) is 0 Å². The third-order valence-corrected chi connectivity index (χ3v) is 5.91. The smallest absolute Gasteiger partial charge is 0.408 e. The second-order valence-corrected chi connectivity index (χ2v) is 10.3. The maximum absolute atomic E-state index is 13.8. The number of carbonyl (C=O) groups excluding carboxylic acids is 3. The van der Waals surface area contributed by atoms with Gasteiger partial charge in [-0.25, -0.2) is 4.79 Å². The van der Waals surface area contributed by atoms with E-state index in [-0.39, 0.29) is 18.1 Å². The van der Waals surface area contributed by atoms with E-state index in [4.69, 9.17) is 4.74 Å². The van der Waals surface area contributed by atoms with E-state index in [9.17, 15) is 19.5 Å². The average Bonchev–Trinajstić information content (AvgIpc) is 2.82. The first-order chi connectivity index (χ1) is 17.4. The van der Waals surface area contributed by atoms with Crippen molar-refractivity contribution >= 4 is 17.9 Å². The van der Waals surface area contributed by atoms with E-state index in [0.717, 1.165) is 30.4 Å². The third-order valence-electron chi connectivity index (χ3n) is 5.91. The molecule has 0 aliphatic heterocycles. The maximum Gasteiger partial charge on any atom is 0.408 e. The van der Waals surface area contributed by atoms with Crippen LogP contribution in [0.5, 0.6) is 5.75 Å². The number of alkyl carbamates (subject to hydrolysis) is 1. The molecule has 0 aliphatic carbocycles. The Labute approximate surface area is 220 Å². The van der Waals surface area contributed by atoms with Crippen LogP contribution in [-0.4, -0.2) is 53.1 Å². The summed E-state index contributed by atoms with van der Waals surface area (Å²) in [4.78, 5) is 41.3. The standard InChI is InChI=1S/C29H41N3O5/c1-7-8-11-18-30-26(34)25(23-13-10-9-12-20(23)2)32(6)27(35)24(31-28(36)37-29(3,4)5)19-21-14-16-22(33)17-15-21/h9-10,12-17,24-25,33H,7-8,11,18-19H2,1-6H3,(H,30,34)(H,31,36). The molecular weight excluding hydrogens is 470 g/mol. The molecule has 3 amide bonds. The third kappa shape index (κ3) is 9.44. The molecule has 0 saturated carbocycles. The largest absolute Gasteiger partial charge is 0.508 e. The van der Waals surface area contributed by atoms with Crippen molar-refractivity contribution in [1.29, 1.82) is 0 Å². The molecule has 2 unspecified atom stereocenters. The molecule has 2 aromatic rings. The normalized spacial score (nSPS) is 12.8. The van der Waals surface area contributed by atoms with Gasteiger partial charge in [-0.2, -0.15) is 0 Å². The lowest BCUT2D eigenvalue weighted by Gasteiger charge is -2.32. The van der Waals surface area contributed by atoms with Crippen molar-refractivity contribution in [3.8, 4) is 5.75 Å². The van der Waals surface area contributed by atoms with E-state index < -0.39 is 29.7 Å². The van der Waals surface area contributed by atoms with Crippen LogP contribution in [0.2, 0.25) is 0 Å². The van der Waals surface area contributed by atoms with Crippen molar-refractivity contribution in [3.05, 3.63) is 65.2 Å². The lowest BCUT2D eigenvalue weighted by atomic mass is 9.97. The molecule has 37 heavy (non-hydrogen) atoms. The van der Waals surface area contributed by atoms with Crippen LogP contribution < -0.4 is 10.6 Å². The number of rotatable bonds is 11.